The summed E-state index contributed by atoms with van der Waals surface area (Å²) < 4.78 is 27.7. The van der Waals surface area contributed by atoms with Gasteiger partial charge in [0.1, 0.15) is 5.58 Å². The van der Waals surface area contributed by atoms with E-state index in [4.69, 9.17) is 23.4 Å². The van der Waals surface area contributed by atoms with Gasteiger partial charge in [-0.05, 0) is 30.3 Å². The van der Waals surface area contributed by atoms with Crippen LogP contribution in [0.3, 0.4) is 0 Å². The molecule has 31 heavy (non-hydrogen) atoms. The molecule has 4 rings (SSSR count). The number of rotatable bonds is 6. The topological polar surface area (TPSA) is 87.4 Å². The van der Waals surface area contributed by atoms with Crippen LogP contribution in [0, 0.1) is 0 Å². The second kappa shape index (κ2) is 9.09. The van der Waals surface area contributed by atoms with Gasteiger partial charge in [-0.15, -0.1) is 0 Å². The molecule has 0 atom stereocenters. The number of amides is 1. The fraction of sp³-hybridized carbons (Fsp3) is 0.304. The summed E-state index contributed by atoms with van der Waals surface area (Å²) in [5.74, 6) is 1.01. The van der Waals surface area contributed by atoms with Gasteiger partial charge in [0.15, 0.2) is 23.9 Å². The number of morpholine rings is 1. The van der Waals surface area contributed by atoms with Crippen LogP contribution in [0.5, 0.6) is 17.2 Å². The van der Waals surface area contributed by atoms with Crippen molar-refractivity contribution in [3.8, 4) is 28.6 Å². The zero-order valence-electron chi connectivity index (χ0n) is 17.4. The molecule has 1 saturated heterocycles. The molecule has 0 saturated carbocycles. The minimum absolute atomic E-state index is 0.0208. The van der Waals surface area contributed by atoms with E-state index in [-0.39, 0.29) is 29.5 Å². The van der Waals surface area contributed by atoms with Crippen LogP contribution in [0.4, 0.5) is 0 Å². The third-order valence-electron chi connectivity index (χ3n) is 5.11. The number of hydrogen-bond donors (Lipinski definition) is 0. The lowest BCUT2D eigenvalue weighted by Crippen LogP contribution is -2.43. The van der Waals surface area contributed by atoms with Gasteiger partial charge in [-0.3, -0.25) is 9.59 Å². The van der Waals surface area contributed by atoms with Crippen LogP contribution in [-0.4, -0.2) is 57.9 Å². The predicted octanol–water partition coefficient (Wildman–Crippen LogP) is 2.71. The average Bonchev–Trinajstić information content (AvgIpc) is 2.83. The van der Waals surface area contributed by atoms with Gasteiger partial charge in [0, 0.05) is 18.7 Å². The van der Waals surface area contributed by atoms with Crippen molar-refractivity contribution in [3.63, 3.8) is 0 Å². The van der Waals surface area contributed by atoms with E-state index in [0.717, 1.165) is 0 Å². The molecule has 1 aromatic heterocycles. The van der Waals surface area contributed by atoms with Crippen LogP contribution in [0.2, 0.25) is 0 Å². The van der Waals surface area contributed by atoms with Gasteiger partial charge in [-0.25, -0.2) is 0 Å². The van der Waals surface area contributed by atoms with Crippen LogP contribution >= 0.6 is 0 Å². The molecule has 8 heteroatoms. The number of para-hydroxylation sites is 1. The third kappa shape index (κ3) is 4.20. The first-order valence-electron chi connectivity index (χ1n) is 9.89. The van der Waals surface area contributed by atoms with E-state index in [2.05, 4.69) is 0 Å². The van der Waals surface area contributed by atoms with Crippen LogP contribution < -0.4 is 19.6 Å². The largest absolute Gasteiger partial charge is 0.493 e. The molecule has 0 N–H and O–H groups in total. The Morgan fingerprint density at radius 3 is 2.52 bits per heavy atom. The van der Waals surface area contributed by atoms with Crippen molar-refractivity contribution in [2.45, 2.75) is 0 Å². The molecule has 2 aromatic carbocycles. The Labute approximate surface area is 178 Å². The molecule has 1 aliphatic heterocycles. The summed E-state index contributed by atoms with van der Waals surface area (Å²) in [4.78, 5) is 27.4. The van der Waals surface area contributed by atoms with Crippen molar-refractivity contribution in [1.29, 1.82) is 0 Å². The van der Waals surface area contributed by atoms with Gasteiger partial charge < -0.3 is 28.3 Å². The molecular weight excluding hydrogens is 402 g/mol. The van der Waals surface area contributed by atoms with E-state index >= 15 is 0 Å². The van der Waals surface area contributed by atoms with Gasteiger partial charge in [0.25, 0.3) is 5.91 Å². The number of carbonyl (C=O) groups excluding carboxylic acids is 1. The van der Waals surface area contributed by atoms with E-state index in [1.165, 1.54) is 7.11 Å². The normalized spacial score (nSPS) is 13.8. The molecule has 0 bridgehead atoms. The summed E-state index contributed by atoms with van der Waals surface area (Å²) in [6.07, 6.45) is 0. The number of benzene rings is 2. The molecule has 162 valence electrons. The van der Waals surface area contributed by atoms with Crippen molar-refractivity contribution >= 4 is 16.9 Å². The van der Waals surface area contributed by atoms with E-state index in [1.807, 2.05) is 0 Å². The van der Waals surface area contributed by atoms with Crippen LogP contribution in [0.1, 0.15) is 0 Å². The number of nitrogens with zero attached hydrogens (tertiary/aromatic N) is 1. The van der Waals surface area contributed by atoms with Gasteiger partial charge in [-0.1, -0.05) is 12.1 Å². The fourth-order valence-corrected chi connectivity index (χ4v) is 3.46. The first-order valence-corrected chi connectivity index (χ1v) is 9.89. The fourth-order valence-electron chi connectivity index (χ4n) is 3.46. The summed E-state index contributed by atoms with van der Waals surface area (Å²) in [5, 5.41) is 0.376. The monoisotopic (exact) mass is 425 g/mol. The maximum absolute atomic E-state index is 13.2. The molecule has 3 aromatic rings. The van der Waals surface area contributed by atoms with Crippen LogP contribution in [-0.2, 0) is 9.53 Å². The van der Waals surface area contributed by atoms with Gasteiger partial charge in [0.05, 0.1) is 32.8 Å². The van der Waals surface area contributed by atoms with E-state index in [9.17, 15) is 9.59 Å². The van der Waals surface area contributed by atoms with Crippen molar-refractivity contribution in [2.75, 3.05) is 47.1 Å². The second-order valence-electron chi connectivity index (χ2n) is 6.94. The lowest BCUT2D eigenvalue weighted by Gasteiger charge is -2.26. The molecular formula is C23H23NO7. The molecule has 0 radical (unpaired) electrons. The number of ether oxygens (including phenoxy) is 4. The first kappa shape index (κ1) is 20.7. The molecule has 0 unspecified atom stereocenters. The van der Waals surface area contributed by atoms with Crippen molar-refractivity contribution in [1.82, 2.24) is 4.90 Å². The molecule has 1 fully saturated rings. The Balaban J connectivity index is 1.75. The molecule has 1 aliphatic rings. The Morgan fingerprint density at radius 2 is 1.77 bits per heavy atom. The second-order valence-corrected chi connectivity index (χ2v) is 6.94. The van der Waals surface area contributed by atoms with E-state index in [0.29, 0.717) is 54.3 Å². The van der Waals surface area contributed by atoms with Crippen molar-refractivity contribution < 1.29 is 28.2 Å². The standard InChI is InChI=1S/C23H23NO7/c1-27-18-8-7-15(13-19(18)28-2)22-23(21(26)16-5-3-4-6-17(16)31-22)30-14-20(25)24-9-11-29-12-10-24/h3-8,13H,9-12,14H2,1-2H3. The molecule has 8 nitrogen and oxygen atoms in total. The molecule has 0 spiro atoms. The summed E-state index contributed by atoms with van der Waals surface area (Å²) in [6, 6.07) is 12.1. The number of methoxy groups -OCH3 is 2. The third-order valence-corrected chi connectivity index (χ3v) is 5.11. The van der Waals surface area contributed by atoms with Crippen molar-refractivity contribution in [3.05, 3.63) is 52.7 Å². The number of carbonyl (C=O) groups is 1. The Hall–Kier alpha value is -3.52. The highest BCUT2D eigenvalue weighted by molar-refractivity contribution is 5.83. The summed E-state index contributed by atoms with van der Waals surface area (Å²) in [5.41, 5.74) is 0.639. The van der Waals surface area contributed by atoms with E-state index in [1.54, 1.807) is 54.5 Å². The minimum Gasteiger partial charge on any atom is -0.493 e. The quantitative estimate of drug-likeness (QED) is 0.600. The smallest absolute Gasteiger partial charge is 0.260 e. The van der Waals surface area contributed by atoms with Crippen molar-refractivity contribution in [2.24, 2.45) is 0 Å². The Morgan fingerprint density at radius 1 is 1.03 bits per heavy atom. The van der Waals surface area contributed by atoms with Gasteiger partial charge >= 0.3 is 0 Å². The highest BCUT2D eigenvalue weighted by Crippen LogP contribution is 2.36. The summed E-state index contributed by atoms with van der Waals surface area (Å²) in [6.45, 7) is 1.69. The Bertz CT molecular complexity index is 1150. The lowest BCUT2D eigenvalue weighted by atomic mass is 10.1. The van der Waals surface area contributed by atoms with Crippen LogP contribution in [0.15, 0.2) is 51.7 Å². The highest BCUT2D eigenvalue weighted by atomic mass is 16.5. The predicted molar refractivity (Wildman–Crippen MR) is 114 cm³/mol. The number of fused-ring (bicyclic) bond motifs is 1. The summed E-state index contributed by atoms with van der Waals surface area (Å²) in [7, 11) is 3.07. The maximum Gasteiger partial charge on any atom is 0.260 e. The minimum atomic E-state index is -0.346. The lowest BCUT2D eigenvalue weighted by molar-refractivity contribution is -0.137. The SMILES string of the molecule is COc1ccc(-c2oc3ccccc3c(=O)c2OCC(=O)N2CCOCC2)cc1OC. The molecule has 1 amide bonds. The maximum atomic E-state index is 13.2. The summed E-state index contributed by atoms with van der Waals surface area (Å²) >= 11 is 0. The van der Waals surface area contributed by atoms with Gasteiger partial charge in [-0.2, -0.15) is 0 Å². The Kier molecular flexibility index (Phi) is 6.08. The zero-order valence-corrected chi connectivity index (χ0v) is 17.4. The first-order chi connectivity index (χ1) is 15.1. The zero-order chi connectivity index (χ0) is 21.8. The van der Waals surface area contributed by atoms with E-state index < -0.39 is 0 Å². The average molecular weight is 425 g/mol. The highest BCUT2D eigenvalue weighted by Gasteiger charge is 2.22. The number of hydrogen-bond acceptors (Lipinski definition) is 7. The van der Waals surface area contributed by atoms with Crippen LogP contribution in [0.25, 0.3) is 22.3 Å². The van der Waals surface area contributed by atoms with Gasteiger partial charge in [0.2, 0.25) is 11.2 Å². The molecule has 0 aliphatic carbocycles. The molecule has 2 heterocycles.